The maximum absolute atomic E-state index is 5.73. The van der Waals surface area contributed by atoms with E-state index in [1.165, 1.54) is 21.7 Å². The van der Waals surface area contributed by atoms with E-state index in [4.69, 9.17) is 4.42 Å². The van der Waals surface area contributed by atoms with Crippen LogP contribution in [-0.2, 0) is 6.54 Å². The lowest BCUT2D eigenvalue weighted by atomic mass is 10.1. The lowest BCUT2D eigenvalue weighted by Gasteiger charge is -2.07. The summed E-state index contributed by atoms with van der Waals surface area (Å²) in [6.07, 6.45) is 1.85. The largest absolute Gasteiger partial charge is 0.463 e. The summed E-state index contributed by atoms with van der Waals surface area (Å²) in [5.74, 6) is 0. The summed E-state index contributed by atoms with van der Waals surface area (Å²) >= 11 is 3.66. The van der Waals surface area contributed by atoms with Crippen molar-refractivity contribution in [2.45, 2.75) is 26.4 Å². The standard InChI is InChI=1S/C16H16BrNO/c1-10(2)18-8-12-9-19-16-14(12)7-11-5-3-4-6-13(11)15(16)17/h3-7,9-10,18H,8H2,1-2H3. The van der Waals surface area contributed by atoms with Crippen LogP contribution in [0.15, 0.2) is 45.5 Å². The highest BCUT2D eigenvalue weighted by atomic mass is 79.9. The van der Waals surface area contributed by atoms with Crippen LogP contribution in [-0.4, -0.2) is 6.04 Å². The molecule has 0 aliphatic rings. The van der Waals surface area contributed by atoms with Crippen molar-refractivity contribution in [3.63, 3.8) is 0 Å². The molecule has 1 heterocycles. The van der Waals surface area contributed by atoms with Crippen molar-refractivity contribution in [1.82, 2.24) is 5.32 Å². The van der Waals surface area contributed by atoms with E-state index in [2.05, 4.69) is 59.4 Å². The predicted octanol–water partition coefficient (Wildman–Crippen LogP) is 4.85. The topological polar surface area (TPSA) is 25.2 Å². The van der Waals surface area contributed by atoms with Crippen LogP contribution >= 0.6 is 15.9 Å². The molecule has 0 saturated carbocycles. The molecule has 0 spiro atoms. The number of hydrogen-bond donors (Lipinski definition) is 1. The van der Waals surface area contributed by atoms with Crippen LogP contribution in [0, 0.1) is 0 Å². The van der Waals surface area contributed by atoms with E-state index in [1.807, 2.05) is 12.3 Å². The van der Waals surface area contributed by atoms with Gasteiger partial charge in [0.05, 0.1) is 10.7 Å². The average molecular weight is 318 g/mol. The summed E-state index contributed by atoms with van der Waals surface area (Å²) in [6, 6.07) is 11.0. The number of hydrogen-bond acceptors (Lipinski definition) is 2. The highest BCUT2D eigenvalue weighted by Crippen LogP contribution is 2.35. The van der Waals surface area contributed by atoms with Gasteiger partial charge in [-0.2, -0.15) is 0 Å². The first kappa shape index (κ1) is 12.7. The number of halogens is 1. The van der Waals surface area contributed by atoms with Crippen molar-refractivity contribution in [3.05, 3.63) is 46.6 Å². The SMILES string of the molecule is CC(C)NCc1coc2c(Br)c3ccccc3cc12. The Morgan fingerprint density at radius 2 is 2.00 bits per heavy atom. The number of fused-ring (bicyclic) bond motifs is 2. The molecule has 0 fully saturated rings. The first-order valence-electron chi connectivity index (χ1n) is 6.47. The molecule has 0 aliphatic heterocycles. The normalized spacial score (nSPS) is 11.8. The molecule has 0 aliphatic carbocycles. The summed E-state index contributed by atoms with van der Waals surface area (Å²) in [5, 5.41) is 7.03. The second-order valence-corrected chi connectivity index (χ2v) is 5.88. The molecule has 0 bridgehead atoms. The van der Waals surface area contributed by atoms with Gasteiger partial charge in [-0.05, 0) is 32.8 Å². The van der Waals surface area contributed by atoms with E-state index in [1.54, 1.807) is 0 Å². The molecule has 1 N–H and O–H groups in total. The number of benzene rings is 2. The van der Waals surface area contributed by atoms with Crippen LogP contribution in [0.4, 0.5) is 0 Å². The monoisotopic (exact) mass is 317 g/mol. The zero-order chi connectivity index (χ0) is 13.4. The maximum atomic E-state index is 5.73. The molecular weight excluding hydrogens is 302 g/mol. The molecule has 2 nitrogen and oxygen atoms in total. The summed E-state index contributed by atoms with van der Waals surface area (Å²) in [5.41, 5.74) is 2.13. The Labute approximate surface area is 120 Å². The molecule has 1 aromatic heterocycles. The number of furan rings is 1. The van der Waals surface area contributed by atoms with E-state index in [-0.39, 0.29) is 0 Å². The van der Waals surface area contributed by atoms with Gasteiger partial charge in [-0.25, -0.2) is 0 Å². The zero-order valence-corrected chi connectivity index (χ0v) is 12.6. The predicted molar refractivity (Wildman–Crippen MR) is 83.4 cm³/mol. The third-order valence-electron chi connectivity index (χ3n) is 3.31. The molecule has 0 radical (unpaired) electrons. The maximum Gasteiger partial charge on any atom is 0.149 e. The van der Waals surface area contributed by atoms with Gasteiger partial charge in [0.2, 0.25) is 0 Å². The molecule has 0 saturated heterocycles. The van der Waals surface area contributed by atoms with E-state index < -0.39 is 0 Å². The summed E-state index contributed by atoms with van der Waals surface area (Å²) in [7, 11) is 0. The van der Waals surface area contributed by atoms with Gasteiger partial charge < -0.3 is 9.73 Å². The molecular formula is C16H16BrNO. The average Bonchev–Trinajstić information content (AvgIpc) is 2.80. The van der Waals surface area contributed by atoms with Gasteiger partial charge in [0, 0.05) is 23.5 Å². The molecule has 3 heteroatoms. The van der Waals surface area contributed by atoms with Crippen molar-refractivity contribution >= 4 is 37.7 Å². The Bertz CT molecular complexity index is 730. The van der Waals surface area contributed by atoms with Crippen molar-refractivity contribution in [2.24, 2.45) is 0 Å². The fraction of sp³-hybridized carbons (Fsp3) is 0.250. The van der Waals surface area contributed by atoms with Crippen LogP contribution in [0.3, 0.4) is 0 Å². The Morgan fingerprint density at radius 1 is 1.21 bits per heavy atom. The van der Waals surface area contributed by atoms with Gasteiger partial charge in [0.25, 0.3) is 0 Å². The summed E-state index contributed by atoms with van der Waals surface area (Å²) in [6.45, 7) is 5.12. The Hall–Kier alpha value is -1.32. The van der Waals surface area contributed by atoms with Crippen LogP contribution in [0.1, 0.15) is 19.4 Å². The third kappa shape index (κ3) is 2.28. The van der Waals surface area contributed by atoms with E-state index in [0.29, 0.717) is 6.04 Å². The first-order chi connectivity index (χ1) is 9.16. The third-order valence-corrected chi connectivity index (χ3v) is 4.09. The van der Waals surface area contributed by atoms with Crippen molar-refractivity contribution in [2.75, 3.05) is 0 Å². The summed E-state index contributed by atoms with van der Waals surface area (Å²) < 4.78 is 6.77. The Kier molecular flexibility index (Phi) is 3.33. The van der Waals surface area contributed by atoms with Crippen molar-refractivity contribution in [1.29, 1.82) is 0 Å². The van der Waals surface area contributed by atoms with Gasteiger partial charge in [0.15, 0.2) is 0 Å². The molecule has 0 atom stereocenters. The minimum absolute atomic E-state index is 0.467. The smallest absolute Gasteiger partial charge is 0.149 e. The van der Waals surface area contributed by atoms with Gasteiger partial charge in [-0.3, -0.25) is 0 Å². The van der Waals surface area contributed by atoms with Crippen LogP contribution in [0.5, 0.6) is 0 Å². The molecule has 2 aromatic carbocycles. The minimum atomic E-state index is 0.467. The summed E-state index contributed by atoms with van der Waals surface area (Å²) in [4.78, 5) is 0. The highest BCUT2D eigenvalue weighted by molar-refractivity contribution is 9.10. The molecule has 3 rings (SSSR count). The molecule has 19 heavy (non-hydrogen) atoms. The van der Waals surface area contributed by atoms with Crippen molar-refractivity contribution in [3.8, 4) is 0 Å². The van der Waals surface area contributed by atoms with Gasteiger partial charge in [-0.15, -0.1) is 0 Å². The second-order valence-electron chi connectivity index (χ2n) is 5.08. The Morgan fingerprint density at radius 3 is 2.79 bits per heavy atom. The zero-order valence-electron chi connectivity index (χ0n) is 11.0. The van der Waals surface area contributed by atoms with E-state index in [0.717, 1.165) is 16.6 Å². The molecule has 3 aromatic rings. The first-order valence-corrected chi connectivity index (χ1v) is 7.27. The highest BCUT2D eigenvalue weighted by Gasteiger charge is 2.12. The fourth-order valence-corrected chi connectivity index (χ4v) is 2.95. The lowest BCUT2D eigenvalue weighted by molar-refractivity contribution is 0.572. The lowest BCUT2D eigenvalue weighted by Crippen LogP contribution is -2.21. The van der Waals surface area contributed by atoms with Gasteiger partial charge in [0.1, 0.15) is 5.58 Å². The second kappa shape index (κ2) is 4.99. The molecule has 98 valence electrons. The Balaban J connectivity index is 2.17. The van der Waals surface area contributed by atoms with Crippen molar-refractivity contribution < 1.29 is 4.42 Å². The van der Waals surface area contributed by atoms with E-state index >= 15 is 0 Å². The molecule has 0 unspecified atom stereocenters. The minimum Gasteiger partial charge on any atom is -0.463 e. The van der Waals surface area contributed by atoms with Gasteiger partial charge >= 0.3 is 0 Å². The van der Waals surface area contributed by atoms with E-state index in [9.17, 15) is 0 Å². The number of rotatable bonds is 3. The van der Waals surface area contributed by atoms with Crippen LogP contribution in [0.25, 0.3) is 21.7 Å². The number of nitrogens with one attached hydrogen (secondary N) is 1. The van der Waals surface area contributed by atoms with Crippen LogP contribution in [0.2, 0.25) is 0 Å². The molecule has 0 amide bonds. The van der Waals surface area contributed by atoms with Gasteiger partial charge in [-0.1, -0.05) is 38.1 Å². The fourth-order valence-electron chi connectivity index (χ4n) is 2.28. The van der Waals surface area contributed by atoms with Crippen LogP contribution < -0.4 is 5.32 Å². The quantitative estimate of drug-likeness (QED) is 0.747.